The number of carbonyl (C=O) groups excluding carboxylic acids is 1. The van der Waals surface area contributed by atoms with Gasteiger partial charge in [-0.05, 0) is 6.92 Å². The Morgan fingerprint density at radius 2 is 2.11 bits per heavy atom. The average Bonchev–Trinajstić information content (AvgIpc) is 1.67. The summed E-state index contributed by atoms with van der Waals surface area (Å²) in [4.78, 5) is 10.3. The van der Waals surface area contributed by atoms with Gasteiger partial charge in [0.25, 0.3) is 0 Å². The van der Waals surface area contributed by atoms with Crippen LogP contribution in [-0.4, -0.2) is 35.5 Å². The molecule has 0 saturated carbocycles. The normalized spacial score (nSPS) is 6.78. The zero-order valence-corrected chi connectivity index (χ0v) is 4.81. The second kappa shape index (κ2) is 6.08. The third kappa shape index (κ3) is 5.83. The topological polar surface area (TPSA) is 26.3 Å². The Bertz CT molecular complexity index is 129. The van der Waals surface area contributed by atoms with Crippen LogP contribution in [0.2, 0.25) is 0 Å². The van der Waals surface area contributed by atoms with Crippen LogP contribution >= 0.6 is 0 Å². The molecule has 0 amide bonds. The van der Waals surface area contributed by atoms with Crippen molar-refractivity contribution in [1.82, 2.24) is 0 Å². The summed E-state index contributed by atoms with van der Waals surface area (Å²) in [6.45, 7) is 8.13. The van der Waals surface area contributed by atoms with Crippen molar-refractivity contribution in [2.24, 2.45) is 0 Å². The molecule has 0 aliphatic carbocycles. The quantitative estimate of drug-likeness (QED) is 0.240. The van der Waals surface area contributed by atoms with Gasteiger partial charge in [0.15, 0.2) is 0 Å². The van der Waals surface area contributed by atoms with Crippen molar-refractivity contribution in [2.45, 2.75) is 6.92 Å². The monoisotopic (exact) mass is 136 g/mol. The second-order valence-corrected chi connectivity index (χ2v) is 1.35. The van der Waals surface area contributed by atoms with Crippen LogP contribution < -0.4 is 0 Å². The van der Waals surface area contributed by atoms with Crippen molar-refractivity contribution in [2.75, 3.05) is 0 Å². The first-order chi connectivity index (χ1) is 3.68. The molecule has 0 aliphatic heterocycles. The zero-order chi connectivity index (χ0) is 6.57. The Morgan fingerprint density at radius 3 is 2.22 bits per heavy atom. The molecule has 0 aromatic rings. The molecule has 0 bridgehead atoms. The van der Waals surface area contributed by atoms with Crippen molar-refractivity contribution in [3.63, 3.8) is 0 Å². The van der Waals surface area contributed by atoms with Crippen LogP contribution in [0.15, 0.2) is 25.0 Å². The molecule has 0 saturated heterocycles. The fourth-order valence-corrected chi connectivity index (χ4v) is 0.176. The van der Waals surface area contributed by atoms with Crippen molar-refractivity contribution in [3.05, 3.63) is 25.0 Å². The Hall–Kier alpha value is -0.0500. The van der Waals surface area contributed by atoms with Gasteiger partial charge in [0.05, 0.1) is 6.26 Å². The standard InChI is InChI=1S/C6H8O2.Na.H/c1-4-8-6(7)5(2)3;;/h4H,1-2H2,3H3;;. The molecule has 0 radical (unpaired) electrons. The summed E-state index contributed by atoms with van der Waals surface area (Å²) >= 11 is 0. The third-order valence-corrected chi connectivity index (χ3v) is 0.539. The van der Waals surface area contributed by atoms with E-state index in [9.17, 15) is 4.79 Å². The van der Waals surface area contributed by atoms with Crippen molar-refractivity contribution >= 4 is 35.5 Å². The van der Waals surface area contributed by atoms with Gasteiger partial charge in [-0.3, -0.25) is 0 Å². The van der Waals surface area contributed by atoms with Gasteiger partial charge in [0, 0.05) is 5.57 Å². The Labute approximate surface area is 76.9 Å². The summed E-state index contributed by atoms with van der Waals surface area (Å²) in [6.07, 6.45) is 1.08. The number of carbonyl (C=O) groups is 1. The second-order valence-electron chi connectivity index (χ2n) is 1.35. The van der Waals surface area contributed by atoms with Crippen LogP contribution in [0.1, 0.15) is 6.92 Å². The van der Waals surface area contributed by atoms with Crippen LogP contribution in [0.3, 0.4) is 0 Å². The van der Waals surface area contributed by atoms with E-state index < -0.39 is 5.97 Å². The van der Waals surface area contributed by atoms with E-state index in [2.05, 4.69) is 17.9 Å². The Morgan fingerprint density at radius 1 is 1.67 bits per heavy atom. The van der Waals surface area contributed by atoms with E-state index in [1.54, 1.807) is 6.92 Å². The number of hydrogen-bond donors (Lipinski definition) is 0. The molecule has 0 unspecified atom stereocenters. The first-order valence-corrected chi connectivity index (χ1v) is 2.16. The maximum absolute atomic E-state index is 10.3. The fraction of sp³-hybridized carbons (Fsp3) is 0.167. The predicted octanol–water partition coefficient (Wildman–Crippen LogP) is 0.601. The van der Waals surface area contributed by atoms with E-state index in [0.29, 0.717) is 5.57 Å². The van der Waals surface area contributed by atoms with Gasteiger partial charge in [-0.25, -0.2) is 4.79 Å². The number of hydrogen-bond acceptors (Lipinski definition) is 2. The molecule has 3 heteroatoms. The molecule has 46 valence electrons. The molecule has 0 aliphatic rings. The minimum absolute atomic E-state index is 0. The van der Waals surface area contributed by atoms with Crippen molar-refractivity contribution < 1.29 is 9.53 Å². The first kappa shape index (κ1) is 11.7. The van der Waals surface area contributed by atoms with Gasteiger partial charge in [-0.1, -0.05) is 13.2 Å². The number of rotatable bonds is 2. The predicted molar refractivity (Wildman–Crippen MR) is 38.3 cm³/mol. The van der Waals surface area contributed by atoms with Gasteiger partial charge < -0.3 is 4.74 Å². The summed E-state index contributed by atoms with van der Waals surface area (Å²) in [5.74, 6) is -0.431. The van der Waals surface area contributed by atoms with Crippen LogP contribution in [0, 0.1) is 0 Å². The summed E-state index contributed by atoms with van der Waals surface area (Å²) in [5, 5.41) is 0. The summed E-state index contributed by atoms with van der Waals surface area (Å²) in [6, 6.07) is 0. The van der Waals surface area contributed by atoms with E-state index in [1.807, 2.05) is 0 Å². The fourth-order valence-electron chi connectivity index (χ4n) is 0.176. The summed E-state index contributed by atoms with van der Waals surface area (Å²) < 4.78 is 4.33. The van der Waals surface area contributed by atoms with Crippen molar-refractivity contribution in [1.29, 1.82) is 0 Å². The molecule has 0 aromatic heterocycles. The molecular formula is C6H9NaO2. The SMILES string of the molecule is C=COC(=O)C(=C)C.[NaH]. The molecule has 0 spiro atoms. The molecular weight excluding hydrogens is 127 g/mol. The molecule has 0 atom stereocenters. The molecule has 2 nitrogen and oxygen atoms in total. The summed E-state index contributed by atoms with van der Waals surface area (Å²) in [5.41, 5.74) is 0.380. The maximum atomic E-state index is 10.3. The van der Waals surface area contributed by atoms with Crippen LogP contribution in [0.5, 0.6) is 0 Å². The van der Waals surface area contributed by atoms with Gasteiger partial charge in [-0.2, -0.15) is 0 Å². The molecule has 0 fully saturated rings. The van der Waals surface area contributed by atoms with Crippen LogP contribution in [0.25, 0.3) is 0 Å². The molecule has 0 heterocycles. The van der Waals surface area contributed by atoms with Gasteiger partial charge in [0.1, 0.15) is 0 Å². The van der Waals surface area contributed by atoms with E-state index in [1.165, 1.54) is 0 Å². The number of ether oxygens (including phenoxy) is 1. The van der Waals surface area contributed by atoms with E-state index in [-0.39, 0.29) is 29.6 Å². The zero-order valence-electron chi connectivity index (χ0n) is 4.81. The Balaban J connectivity index is 0. The van der Waals surface area contributed by atoms with Crippen LogP contribution in [0.4, 0.5) is 0 Å². The average molecular weight is 136 g/mol. The summed E-state index contributed by atoms with van der Waals surface area (Å²) in [7, 11) is 0. The molecule has 0 N–H and O–H groups in total. The molecule has 0 rings (SSSR count). The van der Waals surface area contributed by atoms with E-state index >= 15 is 0 Å². The minimum atomic E-state index is -0.431. The number of esters is 1. The molecule has 0 aromatic carbocycles. The van der Waals surface area contributed by atoms with Gasteiger partial charge >= 0.3 is 35.5 Å². The van der Waals surface area contributed by atoms with Gasteiger partial charge in [-0.15, -0.1) is 0 Å². The third-order valence-electron chi connectivity index (χ3n) is 0.539. The van der Waals surface area contributed by atoms with E-state index in [4.69, 9.17) is 0 Å². The molecule has 9 heavy (non-hydrogen) atoms. The Kier molecular flexibility index (Phi) is 7.91. The van der Waals surface area contributed by atoms with Gasteiger partial charge in [0.2, 0.25) is 0 Å². The van der Waals surface area contributed by atoms with E-state index in [0.717, 1.165) is 6.26 Å². The van der Waals surface area contributed by atoms with Crippen LogP contribution in [-0.2, 0) is 9.53 Å². The first-order valence-electron chi connectivity index (χ1n) is 2.16. The van der Waals surface area contributed by atoms with Crippen molar-refractivity contribution in [3.8, 4) is 0 Å².